The van der Waals surface area contributed by atoms with Crippen molar-refractivity contribution < 1.29 is 64.4 Å². The van der Waals surface area contributed by atoms with Crippen LogP contribution in [0.25, 0.3) is 0 Å². The van der Waals surface area contributed by atoms with E-state index < -0.39 is 0 Å². The van der Waals surface area contributed by atoms with Crippen molar-refractivity contribution in [2.75, 3.05) is 0 Å². The largest absolute Gasteiger partial charge is 0.373 e. The number of carbonyl (C=O) groups excluding carboxylic acids is 2. The Morgan fingerprint density at radius 3 is 1.00 bits per heavy atom. The van der Waals surface area contributed by atoms with Gasteiger partial charge in [-0.05, 0) is 0 Å². The monoisotopic (exact) mass is 157 g/mol. The second kappa shape index (κ2) is 303. The zero-order valence-electron chi connectivity index (χ0n) is 3.73. The number of hydrogen-bond donors (Lipinski definition) is 0. The molecule has 0 aromatic heterocycles. The van der Waals surface area contributed by atoms with Gasteiger partial charge in [0.2, 0.25) is 0 Å². The van der Waals surface area contributed by atoms with Crippen molar-refractivity contribution in [1.82, 2.24) is 0 Å². The van der Waals surface area contributed by atoms with Gasteiger partial charge in [-0.3, -0.25) is 0 Å². The summed E-state index contributed by atoms with van der Waals surface area (Å²) < 4.78 is 0. The molecule has 54 valence electrons. The van der Waals surface area contributed by atoms with E-state index in [1.807, 2.05) is 0 Å². The minimum absolute atomic E-state index is 0. The van der Waals surface area contributed by atoms with Crippen molar-refractivity contribution in [3.05, 3.63) is 9.93 Å². The van der Waals surface area contributed by atoms with Crippen molar-refractivity contribution in [3.63, 3.8) is 0 Å². The van der Waals surface area contributed by atoms with Gasteiger partial charge in [-0.1, -0.05) is 0 Å². The Labute approximate surface area is 90.5 Å². The van der Waals surface area contributed by atoms with Gasteiger partial charge < -0.3 is 0 Å². The van der Waals surface area contributed by atoms with Crippen LogP contribution in [0.15, 0.2) is 0 Å². The van der Waals surface area contributed by atoms with E-state index >= 15 is 0 Å². The molecule has 0 spiro atoms. The summed E-state index contributed by atoms with van der Waals surface area (Å²) in [6.07, 6.45) is 0.250. The predicted molar refractivity (Wildman–Crippen MR) is 15.2 cm³/mol. The average Bonchev–Trinajstić information content (AvgIpc) is 1.78. The molecule has 0 aliphatic rings. The molecule has 0 aromatic rings. The standard InChI is InChI=1S/CO2.Ar.Fe.N2.O2/c2-1-3;;;2*1-2/i;;1-43;;. The molecule has 9 heavy (non-hydrogen) atoms. The van der Waals surface area contributed by atoms with E-state index in [2.05, 4.69) is 0 Å². The van der Waals surface area contributed by atoms with Crippen LogP contribution in [-0.4, -0.2) is 6.15 Å². The smallest absolute Gasteiger partial charge is 0.186 e. The maximum Gasteiger partial charge on any atom is 0.373 e. The Bertz CT molecular complexity index is 70.2. The fraction of sp³-hybridized carbons (Fsp3) is 0. The van der Waals surface area contributed by atoms with Gasteiger partial charge in [0.1, 0.15) is 0 Å². The molecule has 8 heteroatoms. The Hall–Kier alpha value is 0.179. The van der Waals surface area contributed by atoms with Crippen molar-refractivity contribution >= 4 is 6.15 Å². The van der Waals surface area contributed by atoms with E-state index in [-0.39, 0.29) is 61.0 Å². The first kappa shape index (κ1) is 35.2. The minimum Gasteiger partial charge on any atom is -0.186 e. The van der Waals surface area contributed by atoms with E-state index in [1.165, 1.54) is 0 Å². The molecule has 0 radical (unpaired) electrons. The van der Waals surface area contributed by atoms with Crippen LogP contribution in [0.5, 0.6) is 0 Å². The van der Waals surface area contributed by atoms with Gasteiger partial charge in [-0.15, -0.1) is 0 Å². The molecule has 0 N–H and O–H groups in total. The number of nitrogens with zero attached hydrogens (tertiary/aromatic N) is 2. The number of hydrogen-bond acceptors (Lipinski definition) is 6. The summed E-state index contributed by atoms with van der Waals surface area (Å²) in [4.78, 5) is 30.2. The first-order valence-corrected chi connectivity index (χ1v) is 0.775. The molecule has 0 aliphatic carbocycles. The van der Waals surface area contributed by atoms with Gasteiger partial charge in [0, 0.05) is 75.5 Å². The van der Waals surface area contributed by atoms with Crippen molar-refractivity contribution in [2.24, 2.45) is 0 Å². The molecule has 0 saturated heterocycles. The maximum absolute atomic E-state index is 8.12. The first-order valence-electron chi connectivity index (χ1n) is 0.775. The molecule has 0 rings (SSSR count). The molecule has 6 nitrogen and oxygen atoms in total. The van der Waals surface area contributed by atoms with Crippen LogP contribution in [0.4, 0.5) is 0 Å². The Balaban J connectivity index is -0.00000000825. The summed E-state index contributed by atoms with van der Waals surface area (Å²) in [7, 11) is 0. The minimum atomic E-state index is 0. The maximum atomic E-state index is 8.12. The first-order chi connectivity index (χ1) is 3.41. The van der Waals surface area contributed by atoms with Crippen LogP contribution < -0.4 is 0 Å². The van der Waals surface area contributed by atoms with E-state index in [0.717, 1.165) is 0 Å². The van der Waals surface area contributed by atoms with Crippen LogP contribution in [-0.2, 0) is 26.7 Å². The molecule has 0 fully saturated rings. The Morgan fingerprint density at radius 2 is 1.00 bits per heavy atom. The zero-order chi connectivity index (χ0) is 6.71. The molecule has 0 aliphatic heterocycles. The molecule has 0 atom stereocenters. The predicted octanol–water partition coefficient (Wildman–Crippen LogP) is -0.489. The van der Waals surface area contributed by atoms with Gasteiger partial charge >= 0.3 is 6.15 Å². The van der Waals surface area contributed by atoms with Crippen LogP contribution in [0, 0.1) is 58.5 Å². The third-order valence-electron chi connectivity index (χ3n) is 0. The average molecular weight is 157 g/mol. The van der Waals surface area contributed by atoms with Gasteiger partial charge in [0.25, 0.3) is 0 Å². The van der Waals surface area contributed by atoms with Gasteiger partial charge in [0.05, 0.1) is 0 Å². The van der Waals surface area contributed by atoms with Crippen molar-refractivity contribution in [2.45, 2.75) is 0 Å². The molecular formula is CArFeN2O4. The summed E-state index contributed by atoms with van der Waals surface area (Å²) in [6.45, 7) is 0. The quantitative estimate of drug-likeness (QED) is 0.346. The fourth-order valence-electron chi connectivity index (χ4n) is 0. The van der Waals surface area contributed by atoms with Crippen molar-refractivity contribution in [1.29, 1.82) is 10.8 Å². The Morgan fingerprint density at radius 1 is 1.00 bits per heavy atom. The molecule has 0 saturated carbocycles. The molecular weight excluding hydrogens is 157 g/mol. The summed E-state index contributed by atoms with van der Waals surface area (Å²) >= 11 is 0. The van der Waals surface area contributed by atoms with E-state index in [0.29, 0.717) is 0 Å². The Kier molecular flexibility index (Phi) is 1180. The SMILES string of the molecule is N#N.O=C=O.O=O.[13Fe].[Ar]. The second-order valence-corrected chi connectivity index (χ2v) is 0.0833. The van der Waals surface area contributed by atoms with Crippen LogP contribution in [0.1, 0.15) is 0 Å². The number of rotatable bonds is 0. The third kappa shape index (κ3) is 9720. The van der Waals surface area contributed by atoms with Gasteiger partial charge in [-0.25, -0.2) is 0 Å². The molecule has 0 heterocycles. The normalized spacial score (nSPS) is 1.56. The van der Waals surface area contributed by atoms with E-state index in [9.17, 15) is 0 Å². The van der Waals surface area contributed by atoms with Gasteiger partial charge in [0.15, 0.2) is 0 Å². The molecule has 0 unspecified atom stereocenters. The van der Waals surface area contributed by atoms with Crippen molar-refractivity contribution in [3.8, 4) is 0 Å². The van der Waals surface area contributed by atoms with Crippen LogP contribution in [0.2, 0.25) is 0 Å². The van der Waals surface area contributed by atoms with Gasteiger partial charge in [-0.2, -0.15) is 9.59 Å². The van der Waals surface area contributed by atoms with E-state index in [1.54, 1.807) is 0 Å². The summed E-state index contributed by atoms with van der Waals surface area (Å²) in [6, 6.07) is 0. The second-order valence-electron chi connectivity index (χ2n) is 0.0833. The van der Waals surface area contributed by atoms with Crippen LogP contribution >= 0.6 is 0 Å². The fourth-order valence-corrected chi connectivity index (χ4v) is 0. The summed E-state index contributed by atoms with van der Waals surface area (Å²) in [5.74, 6) is 0. The topological polar surface area (TPSA) is 116 Å². The van der Waals surface area contributed by atoms with E-state index in [4.69, 9.17) is 30.3 Å². The summed E-state index contributed by atoms with van der Waals surface area (Å²) in [5.41, 5.74) is 0. The summed E-state index contributed by atoms with van der Waals surface area (Å²) in [5, 5.41) is 12.0. The molecule has 0 amide bonds. The molecule has 0 aromatic carbocycles. The molecule has 0 bridgehead atoms. The third-order valence-corrected chi connectivity index (χ3v) is 0. The van der Waals surface area contributed by atoms with Crippen LogP contribution in [0.3, 0.4) is 0 Å². The zero-order valence-corrected chi connectivity index (χ0v) is 5.55.